The number of hydrogen-bond donors (Lipinski definition) is 0. The molecule has 0 atom stereocenters. The van der Waals surface area contributed by atoms with E-state index in [2.05, 4.69) is 31.9 Å². The summed E-state index contributed by atoms with van der Waals surface area (Å²) in [4.78, 5) is 10.2. The van der Waals surface area contributed by atoms with E-state index in [4.69, 9.17) is 0 Å². The molecule has 1 aliphatic rings. The Kier molecular flexibility index (Phi) is 7.71. The van der Waals surface area contributed by atoms with Crippen LogP contribution in [-0.4, -0.2) is 9.52 Å². The number of carbonyl (C=O) groups excluding carboxylic acids is 1. The van der Waals surface area contributed by atoms with Crippen LogP contribution in [-0.2, 0) is 4.79 Å². The summed E-state index contributed by atoms with van der Waals surface area (Å²) in [5.74, 6) is 0. The van der Waals surface area contributed by atoms with Gasteiger partial charge in [0.1, 0.15) is 0 Å². The first-order chi connectivity index (χ1) is 5.13. The number of halogens is 2. The molecule has 0 aliphatic heterocycles. The van der Waals surface area contributed by atoms with Gasteiger partial charge in [0.25, 0.3) is 0 Å². The lowest BCUT2D eigenvalue weighted by atomic mass is 10.0. The summed E-state index contributed by atoms with van der Waals surface area (Å²) < 4.78 is -0.0208. The predicted molar refractivity (Wildman–Crippen MR) is 55.4 cm³/mol. The molecule has 0 radical (unpaired) electrons. The molecule has 0 saturated heterocycles. The Morgan fingerprint density at radius 1 is 1.27 bits per heavy atom. The largest absolute Gasteiger partial charge is 0.287 e. The topological polar surface area (TPSA) is 17.1 Å². The van der Waals surface area contributed by atoms with E-state index < -0.39 is 0 Å². The van der Waals surface area contributed by atoms with Crippen molar-refractivity contribution in [3.63, 3.8) is 0 Å². The van der Waals surface area contributed by atoms with Gasteiger partial charge in [0.15, 0.2) is 4.69 Å². The zero-order valence-electron chi connectivity index (χ0n) is 6.78. The lowest BCUT2D eigenvalue weighted by Crippen LogP contribution is -2.02. The van der Waals surface area contributed by atoms with Crippen LogP contribution in [0, 0.1) is 0 Å². The van der Waals surface area contributed by atoms with E-state index in [0.29, 0.717) is 0 Å². The van der Waals surface area contributed by atoms with E-state index in [0.717, 1.165) is 4.83 Å². The minimum Gasteiger partial charge on any atom is -0.287 e. The van der Waals surface area contributed by atoms with Crippen LogP contribution >= 0.6 is 31.9 Å². The number of hydrogen-bond acceptors (Lipinski definition) is 1. The Balaban J connectivity index is 0.000000218. The maximum absolute atomic E-state index is 9.36. The predicted octanol–water partition coefficient (Wildman–Crippen LogP) is 3.64. The van der Waals surface area contributed by atoms with Gasteiger partial charge in [-0.15, -0.1) is 0 Å². The molecule has 0 aromatic rings. The third-order valence-electron chi connectivity index (χ3n) is 1.53. The molecule has 1 rings (SSSR count). The van der Waals surface area contributed by atoms with Crippen molar-refractivity contribution >= 4 is 36.6 Å². The summed E-state index contributed by atoms with van der Waals surface area (Å²) in [6, 6.07) is 0. The maximum Gasteiger partial charge on any atom is 0.194 e. The summed E-state index contributed by atoms with van der Waals surface area (Å²) in [5.41, 5.74) is 0. The highest BCUT2D eigenvalue weighted by molar-refractivity contribution is 9.18. The van der Waals surface area contributed by atoms with Crippen LogP contribution in [0.2, 0.25) is 0 Å². The first kappa shape index (κ1) is 11.6. The van der Waals surface area contributed by atoms with Gasteiger partial charge in [-0.3, -0.25) is 4.79 Å². The standard InChI is InChI=1S/C6H11Br.C2H3BrO/c7-6-4-2-1-3-5-6;1-2(3)4/h6H,1-5H2;1H3. The molecule has 3 heteroatoms. The highest BCUT2D eigenvalue weighted by atomic mass is 79.9. The van der Waals surface area contributed by atoms with E-state index in [1.54, 1.807) is 0 Å². The number of carbonyl (C=O) groups is 1. The van der Waals surface area contributed by atoms with Crippen molar-refractivity contribution in [2.45, 2.75) is 43.9 Å². The maximum atomic E-state index is 9.36. The Hall–Kier alpha value is 0.630. The molecule has 0 amide bonds. The zero-order chi connectivity index (χ0) is 8.69. The third kappa shape index (κ3) is 10.6. The van der Waals surface area contributed by atoms with Gasteiger partial charge >= 0.3 is 0 Å². The molecule has 1 aliphatic carbocycles. The van der Waals surface area contributed by atoms with Gasteiger partial charge in [0.2, 0.25) is 0 Å². The fourth-order valence-electron chi connectivity index (χ4n) is 1.05. The Morgan fingerprint density at radius 3 is 1.82 bits per heavy atom. The second-order valence-electron chi connectivity index (χ2n) is 2.71. The molecule has 0 aromatic carbocycles. The lowest BCUT2D eigenvalue weighted by molar-refractivity contribution is -0.108. The van der Waals surface area contributed by atoms with Crippen molar-refractivity contribution in [2.24, 2.45) is 0 Å². The van der Waals surface area contributed by atoms with Crippen LogP contribution in [0.1, 0.15) is 39.0 Å². The first-order valence-corrected chi connectivity index (χ1v) is 5.64. The second kappa shape index (κ2) is 7.29. The smallest absolute Gasteiger partial charge is 0.194 e. The van der Waals surface area contributed by atoms with Crippen molar-refractivity contribution in [2.75, 3.05) is 0 Å². The van der Waals surface area contributed by atoms with Crippen LogP contribution in [0.3, 0.4) is 0 Å². The highest BCUT2D eigenvalue weighted by Crippen LogP contribution is 2.22. The molecule has 0 unspecified atom stereocenters. The van der Waals surface area contributed by atoms with E-state index in [-0.39, 0.29) is 4.69 Å². The Labute approximate surface area is 85.2 Å². The van der Waals surface area contributed by atoms with E-state index >= 15 is 0 Å². The fraction of sp³-hybridized carbons (Fsp3) is 0.875. The van der Waals surface area contributed by atoms with Crippen LogP contribution in [0.25, 0.3) is 0 Å². The van der Waals surface area contributed by atoms with Gasteiger partial charge in [-0.25, -0.2) is 0 Å². The molecule has 0 spiro atoms. The summed E-state index contributed by atoms with van der Waals surface area (Å²) in [5, 5.41) is 0. The monoisotopic (exact) mass is 284 g/mol. The van der Waals surface area contributed by atoms with Crippen LogP contribution in [0.15, 0.2) is 0 Å². The Bertz CT molecular complexity index is 105. The first-order valence-electron chi connectivity index (χ1n) is 3.93. The van der Waals surface area contributed by atoms with Crippen molar-refractivity contribution < 1.29 is 4.79 Å². The molecule has 66 valence electrons. The molecular formula is C8H14Br2O. The molecule has 1 saturated carbocycles. The SMILES string of the molecule is BrC1CCCCC1.CC(=O)Br. The summed E-state index contributed by atoms with van der Waals surface area (Å²) in [6.45, 7) is 1.44. The normalized spacial score (nSPS) is 18.5. The quantitative estimate of drug-likeness (QED) is 0.491. The Morgan fingerprint density at radius 2 is 1.64 bits per heavy atom. The fourth-order valence-corrected chi connectivity index (χ4v) is 1.70. The molecular weight excluding hydrogens is 272 g/mol. The lowest BCUT2D eigenvalue weighted by Gasteiger charge is -2.13. The van der Waals surface area contributed by atoms with Gasteiger partial charge in [-0.1, -0.05) is 35.2 Å². The van der Waals surface area contributed by atoms with E-state index in [1.807, 2.05) is 0 Å². The van der Waals surface area contributed by atoms with Crippen LogP contribution < -0.4 is 0 Å². The molecule has 1 fully saturated rings. The minimum absolute atomic E-state index is 0.0208. The van der Waals surface area contributed by atoms with Gasteiger partial charge < -0.3 is 0 Å². The average molecular weight is 286 g/mol. The molecule has 0 aromatic heterocycles. The van der Waals surface area contributed by atoms with Gasteiger partial charge in [-0.05, 0) is 28.8 Å². The number of alkyl halides is 1. The molecule has 1 nitrogen and oxygen atoms in total. The molecule has 11 heavy (non-hydrogen) atoms. The van der Waals surface area contributed by atoms with Crippen LogP contribution in [0.4, 0.5) is 0 Å². The van der Waals surface area contributed by atoms with Gasteiger partial charge in [0, 0.05) is 11.8 Å². The van der Waals surface area contributed by atoms with E-state index in [9.17, 15) is 4.79 Å². The van der Waals surface area contributed by atoms with Crippen molar-refractivity contribution in [1.29, 1.82) is 0 Å². The average Bonchev–Trinajstić information content (AvgIpc) is 1.87. The van der Waals surface area contributed by atoms with Crippen molar-refractivity contribution in [3.05, 3.63) is 0 Å². The number of rotatable bonds is 0. The van der Waals surface area contributed by atoms with Gasteiger partial charge in [-0.2, -0.15) is 0 Å². The van der Waals surface area contributed by atoms with Crippen LogP contribution in [0.5, 0.6) is 0 Å². The van der Waals surface area contributed by atoms with E-state index in [1.165, 1.54) is 39.0 Å². The molecule has 0 bridgehead atoms. The zero-order valence-corrected chi connectivity index (χ0v) is 9.95. The summed E-state index contributed by atoms with van der Waals surface area (Å²) in [7, 11) is 0. The van der Waals surface area contributed by atoms with Crippen molar-refractivity contribution in [1.82, 2.24) is 0 Å². The van der Waals surface area contributed by atoms with Gasteiger partial charge in [0.05, 0.1) is 0 Å². The summed E-state index contributed by atoms with van der Waals surface area (Å²) >= 11 is 6.22. The molecule has 0 heterocycles. The summed E-state index contributed by atoms with van der Waals surface area (Å²) in [6.07, 6.45) is 7.15. The third-order valence-corrected chi connectivity index (χ3v) is 2.45. The second-order valence-corrected chi connectivity index (χ2v) is 5.12. The van der Waals surface area contributed by atoms with Crippen molar-refractivity contribution in [3.8, 4) is 0 Å². The highest BCUT2D eigenvalue weighted by Gasteiger charge is 2.07. The minimum atomic E-state index is -0.0208. The molecule has 0 N–H and O–H groups in total.